The molecule has 2 aromatic heterocycles. The number of hydrogen-bond donors (Lipinski definition) is 1. The van der Waals surface area contributed by atoms with Gasteiger partial charge in [-0.1, -0.05) is 41.9 Å². The predicted octanol–water partition coefficient (Wildman–Crippen LogP) is 6.59. The van der Waals surface area contributed by atoms with Gasteiger partial charge >= 0.3 is 5.97 Å². The van der Waals surface area contributed by atoms with E-state index < -0.39 is 11.9 Å². The summed E-state index contributed by atoms with van der Waals surface area (Å²) in [5.74, 6) is -1.15. The van der Waals surface area contributed by atoms with Gasteiger partial charge in [0.25, 0.3) is 5.91 Å². The molecule has 37 heavy (non-hydrogen) atoms. The molecular weight excluding hydrogens is 508 g/mol. The van der Waals surface area contributed by atoms with Crippen molar-refractivity contribution < 1.29 is 14.3 Å². The number of rotatable bonds is 7. The summed E-state index contributed by atoms with van der Waals surface area (Å²) in [6.45, 7) is 5.58. The van der Waals surface area contributed by atoms with Gasteiger partial charge in [-0.3, -0.25) is 4.79 Å². The standard InChI is InChI=1S/C28H23ClN4O3S/c1-4-36-28(35)24-17(2)18(3)37-27(24)31-26(34)20(15-30)14-21-16-33(23-8-6-5-7-9-23)32-25(21)19-10-12-22(29)13-11-19/h5-14,16H,4H2,1-3H3,(H,31,34). The molecule has 1 amide bonds. The lowest BCUT2D eigenvalue weighted by atomic mass is 10.1. The van der Waals surface area contributed by atoms with Crippen molar-refractivity contribution in [1.29, 1.82) is 5.26 Å². The van der Waals surface area contributed by atoms with Gasteiger partial charge in [0.1, 0.15) is 16.6 Å². The number of halogens is 1. The summed E-state index contributed by atoms with van der Waals surface area (Å²) >= 11 is 7.33. The van der Waals surface area contributed by atoms with Crippen molar-refractivity contribution in [2.45, 2.75) is 20.8 Å². The van der Waals surface area contributed by atoms with E-state index in [1.54, 1.807) is 36.9 Å². The van der Waals surface area contributed by atoms with Crippen molar-refractivity contribution in [1.82, 2.24) is 9.78 Å². The zero-order chi connectivity index (χ0) is 26.5. The summed E-state index contributed by atoms with van der Waals surface area (Å²) in [5, 5.41) is 18.2. The Morgan fingerprint density at radius 3 is 2.51 bits per heavy atom. The second-order valence-corrected chi connectivity index (χ2v) is 9.71. The molecule has 0 saturated heterocycles. The van der Waals surface area contributed by atoms with E-state index in [0.29, 0.717) is 26.8 Å². The van der Waals surface area contributed by atoms with Crippen LogP contribution in [0.1, 0.15) is 33.3 Å². The molecule has 0 aliphatic heterocycles. The topological polar surface area (TPSA) is 97.0 Å². The van der Waals surface area contributed by atoms with Crippen LogP contribution >= 0.6 is 22.9 Å². The fourth-order valence-corrected chi connectivity index (χ4v) is 4.85. The van der Waals surface area contributed by atoms with E-state index in [-0.39, 0.29) is 12.2 Å². The molecule has 0 radical (unpaired) electrons. The normalized spacial score (nSPS) is 11.2. The SMILES string of the molecule is CCOC(=O)c1c(NC(=O)C(C#N)=Cc2cn(-c3ccccc3)nc2-c2ccc(Cl)cc2)sc(C)c1C. The Balaban J connectivity index is 1.74. The maximum atomic E-state index is 13.2. The van der Waals surface area contributed by atoms with Gasteiger partial charge in [-0.2, -0.15) is 10.4 Å². The molecule has 4 aromatic rings. The highest BCUT2D eigenvalue weighted by atomic mass is 35.5. The Morgan fingerprint density at radius 1 is 1.16 bits per heavy atom. The molecule has 0 unspecified atom stereocenters. The van der Waals surface area contributed by atoms with Gasteiger partial charge in [-0.15, -0.1) is 11.3 Å². The van der Waals surface area contributed by atoms with Gasteiger partial charge in [0, 0.05) is 27.2 Å². The lowest BCUT2D eigenvalue weighted by molar-refractivity contribution is -0.112. The van der Waals surface area contributed by atoms with Gasteiger partial charge in [0.05, 0.1) is 23.6 Å². The first-order chi connectivity index (χ1) is 17.8. The summed E-state index contributed by atoms with van der Waals surface area (Å²) in [7, 11) is 0. The Labute approximate surface area is 223 Å². The molecule has 2 aromatic carbocycles. The van der Waals surface area contributed by atoms with Crippen molar-refractivity contribution in [2.24, 2.45) is 0 Å². The zero-order valence-corrected chi connectivity index (χ0v) is 22.0. The molecule has 0 bridgehead atoms. The van der Waals surface area contributed by atoms with Crippen LogP contribution in [-0.2, 0) is 9.53 Å². The van der Waals surface area contributed by atoms with Crippen LogP contribution in [0.15, 0.2) is 66.4 Å². The molecule has 0 saturated carbocycles. The minimum absolute atomic E-state index is 0.138. The fourth-order valence-electron chi connectivity index (χ4n) is 3.68. The third-order valence-electron chi connectivity index (χ3n) is 5.64. The molecule has 4 rings (SSSR count). The number of ether oxygens (including phenoxy) is 1. The number of hydrogen-bond acceptors (Lipinski definition) is 6. The smallest absolute Gasteiger partial charge is 0.341 e. The van der Waals surface area contributed by atoms with Gasteiger partial charge in [-0.05, 0) is 56.7 Å². The molecule has 7 nitrogen and oxygen atoms in total. The Bertz CT molecular complexity index is 1530. The first kappa shape index (κ1) is 25.9. The maximum Gasteiger partial charge on any atom is 0.341 e. The van der Waals surface area contributed by atoms with Crippen LogP contribution in [0.25, 0.3) is 23.0 Å². The largest absolute Gasteiger partial charge is 0.462 e. The number of nitriles is 1. The Kier molecular flexibility index (Phi) is 7.87. The number of carbonyl (C=O) groups excluding carboxylic acids is 2. The highest BCUT2D eigenvalue weighted by Gasteiger charge is 2.23. The van der Waals surface area contributed by atoms with E-state index in [9.17, 15) is 14.9 Å². The van der Waals surface area contributed by atoms with Crippen molar-refractivity contribution >= 4 is 45.9 Å². The summed E-state index contributed by atoms with van der Waals surface area (Å²) in [5.41, 5.74) is 3.64. The van der Waals surface area contributed by atoms with Crippen LogP contribution in [0.2, 0.25) is 5.02 Å². The van der Waals surface area contributed by atoms with E-state index in [0.717, 1.165) is 21.7 Å². The summed E-state index contributed by atoms with van der Waals surface area (Å²) in [6.07, 6.45) is 3.25. The van der Waals surface area contributed by atoms with E-state index in [1.807, 2.05) is 55.5 Å². The fraction of sp³-hybridized carbons (Fsp3) is 0.143. The van der Waals surface area contributed by atoms with Crippen LogP contribution in [0.4, 0.5) is 5.00 Å². The lowest BCUT2D eigenvalue weighted by Crippen LogP contribution is -2.16. The summed E-state index contributed by atoms with van der Waals surface area (Å²) in [4.78, 5) is 26.6. The first-order valence-corrected chi connectivity index (χ1v) is 12.6. The number of nitrogens with zero attached hydrogens (tertiary/aromatic N) is 3. The molecule has 1 N–H and O–H groups in total. The molecular formula is C28H23ClN4O3S. The third kappa shape index (κ3) is 5.64. The average Bonchev–Trinajstić information content (AvgIpc) is 3.43. The zero-order valence-electron chi connectivity index (χ0n) is 20.4. The Morgan fingerprint density at radius 2 is 1.86 bits per heavy atom. The second-order valence-electron chi connectivity index (χ2n) is 8.05. The third-order valence-corrected chi connectivity index (χ3v) is 7.01. The molecule has 186 valence electrons. The molecule has 0 fully saturated rings. The van der Waals surface area contributed by atoms with Gasteiger partial charge in [-0.25, -0.2) is 9.48 Å². The van der Waals surface area contributed by atoms with E-state index >= 15 is 0 Å². The first-order valence-electron chi connectivity index (χ1n) is 11.4. The Hall–Kier alpha value is -4.19. The lowest BCUT2D eigenvalue weighted by Gasteiger charge is -2.07. The molecule has 0 atom stereocenters. The molecule has 9 heteroatoms. The number of benzene rings is 2. The van der Waals surface area contributed by atoms with Crippen molar-refractivity contribution in [3.63, 3.8) is 0 Å². The number of esters is 1. The van der Waals surface area contributed by atoms with Crippen LogP contribution in [0.5, 0.6) is 0 Å². The van der Waals surface area contributed by atoms with Crippen molar-refractivity contribution in [2.75, 3.05) is 11.9 Å². The number of aromatic nitrogens is 2. The van der Waals surface area contributed by atoms with Crippen molar-refractivity contribution in [3.05, 3.63) is 93.0 Å². The number of anilines is 1. The summed E-state index contributed by atoms with van der Waals surface area (Å²) < 4.78 is 6.85. The number of thiophene rings is 1. The number of para-hydroxylation sites is 1. The molecule has 2 heterocycles. The van der Waals surface area contributed by atoms with Gasteiger partial charge in [0.2, 0.25) is 0 Å². The quantitative estimate of drug-likeness (QED) is 0.165. The van der Waals surface area contributed by atoms with E-state index in [1.165, 1.54) is 17.4 Å². The van der Waals surface area contributed by atoms with E-state index in [2.05, 4.69) is 5.32 Å². The minimum atomic E-state index is -0.635. The number of aryl methyl sites for hydroxylation is 1. The maximum absolute atomic E-state index is 13.2. The van der Waals surface area contributed by atoms with Crippen molar-refractivity contribution in [3.8, 4) is 23.0 Å². The monoisotopic (exact) mass is 530 g/mol. The minimum Gasteiger partial charge on any atom is -0.462 e. The van der Waals surface area contributed by atoms with Crippen LogP contribution in [-0.4, -0.2) is 28.3 Å². The molecule has 0 aliphatic carbocycles. The van der Waals surface area contributed by atoms with Crippen LogP contribution in [0, 0.1) is 25.2 Å². The predicted molar refractivity (Wildman–Crippen MR) is 146 cm³/mol. The number of nitrogens with one attached hydrogen (secondary N) is 1. The van der Waals surface area contributed by atoms with Gasteiger partial charge in [0.15, 0.2) is 0 Å². The number of carbonyl (C=O) groups is 2. The second kappa shape index (κ2) is 11.2. The van der Waals surface area contributed by atoms with Crippen LogP contribution < -0.4 is 5.32 Å². The highest BCUT2D eigenvalue weighted by molar-refractivity contribution is 7.16. The average molecular weight is 531 g/mol. The molecule has 0 spiro atoms. The van der Waals surface area contributed by atoms with E-state index in [4.69, 9.17) is 21.4 Å². The highest BCUT2D eigenvalue weighted by Crippen LogP contribution is 2.34. The van der Waals surface area contributed by atoms with Gasteiger partial charge < -0.3 is 10.1 Å². The number of amides is 1. The summed E-state index contributed by atoms with van der Waals surface area (Å²) in [6, 6.07) is 18.7. The molecule has 0 aliphatic rings. The van der Waals surface area contributed by atoms with Crippen LogP contribution in [0.3, 0.4) is 0 Å².